The maximum Gasteiger partial charge on any atom is 0.269 e. The van der Waals surface area contributed by atoms with E-state index in [0.717, 1.165) is 0 Å². The topological polar surface area (TPSA) is 76.7 Å². The number of hydrazine groups is 1. The highest BCUT2D eigenvalue weighted by Gasteiger charge is 2.07. The summed E-state index contributed by atoms with van der Waals surface area (Å²) in [5.41, 5.74) is 5.00. The monoisotopic (exact) mass is 280 g/mol. The van der Waals surface area contributed by atoms with Crippen LogP contribution in [0.1, 0.15) is 31.1 Å². The Balaban J connectivity index is 2.45. The lowest BCUT2D eigenvalue weighted by atomic mass is 10.2. The molecule has 0 saturated carbocycles. The summed E-state index contributed by atoms with van der Waals surface area (Å²) < 4.78 is 10.4. The minimum atomic E-state index is -0.403. The van der Waals surface area contributed by atoms with Gasteiger partial charge in [0.25, 0.3) is 11.8 Å². The molecule has 0 unspecified atom stereocenters. The quantitative estimate of drug-likeness (QED) is 0.769. The molecule has 1 rings (SSSR count). The summed E-state index contributed by atoms with van der Waals surface area (Å²) in [6.07, 6.45) is 0.0764. The molecule has 0 aromatic heterocycles. The minimum absolute atomic E-state index is 0.0764. The highest BCUT2D eigenvalue weighted by atomic mass is 16.5. The summed E-state index contributed by atoms with van der Waals surface area (Å²) in [6, 6.07) is 6.66. The first-order chi connectivity index (χ1) is 9.52. The van der Waals surface area contributed by atoms with Crippen LogP contribution < -0.4 is 15.6 Å². The van der Waals surface area contributed by atoms with Crippen LogP contribution in [0.4, 0.5) is 0 Å². The molecule has 0 saturated heterocycles. The fourth-order valence-corrected chi connectivity index (χ4v) is 1.39. The Bertz CT molecular complexity index is 443. The van der Waals surface area contributed by atoms with E-state index in [1.165, 1.54) is 0 Å². The number of ether oxygens (including phenoxy) is 2. The second-order valence-electron chi connectivity index (χ2n) is 4.33. The van der Waals surface area contributed by atoms with Crippen molar-refractivity contribution in [3.8, 4) is 5.75 Å². The van der Waals surface area contributed by atoms with Gasteiger partial charge < -0.3 is 9.47 Å². The van der Waals surface area contributed by atoms with Crippen LogP contribution in [0.2, 0.25) is 0 Å². The molecule has 0 aliphatic rings. The van der Waals surface area contributed by atoms with Gasteiger partial charge in [-0.25, -0.2) is 0 Å². The number of nitrogens with one attached hydrogen (secondary N) is 2. The largest absolute Gasteiger partial charge is 0.491 e. The van der Waals surface area contributed by atoms with E-state index in [2.05, 4.69) is 10.9 Å². The van der Waals surface area contributed by atoms with Crippen molar-refractivity contribution in [3.05, 3.63) is 29.8 Å². The lowest BCUT2D eigenvalue weighted by Gasteiger charge is -2.10. The average molecular weight is 280 g/mol. The van der Waals surface area contributed by atoms with Crippen molar-refractivity contribution in [2.24, 2.45) is 0 Å². The molecule has 2 N–H and O–H groups in total. The molecule has 0 bridgehead atoms. The van der Waals surface area contributed by atoms with Crippen LogP contribution >= 0.6 is 0 Å². The first-order valence-electron chi connectivity index (χ1n) is 6.46. The van der Waals surface area contributed by atoms with E-state index in [9.17, 15) is 9.59 Å². The van der Waals surface area contributed by atoms with Gasteiger partial charge in [-0.15, -0.1) is 0 Å². The van der Waals surface area contributed by atoms with E-state index < -0.39 is 11.8 Å². The van der Waals surface area contributed by atoms with Gasteiger partial charge in [0, 0.05) is 12.2 Å². The van der Waals surface area contributed by atoms with Crippen molar-refractivity contribution < 1.29 is 19.1 Å². The molecule has 0 heterocycles. The molecule has 0 atom stereocenters. The van der Waals surface area contributed by atoms with Crippen molar-refractivity contribution in [3.63, 3.8) is 0 Å². The molecular formula is C14H20N2O4. The van der Waals surface area contributed by atoms with Gasteiger partial charge in [-0.3, -0.25) is 20.4 Å². The van der Waals surface area contributed by atoms with Gasteiger partial charge in [0.15, 0.2) is 0 Å². The third-order valence-electron chi connectivity index (χ3n) is 2.24. The summed E-state index contributed by atoms with van der Waals surface area (Å²) in [5, 5.41) is 0. The van der Waals surface area contributed by atoms with Crippen LogP contribution in [0.25, 0.3) is 0 Å². The fraction of sp³-hybridized carbons (Fsp3) is 0.429. The zero-order valence-electron chi connectivity index (χ0n) is 11.9. The third-order valence-corrected chi connectivity index (χ3v) is 2.24. The van der Waals surface area contributed by atoms with E-state index in [0.29, 0.717) is 17.9 Å². The van der Waals surface area contributed by atoms with Crippen molar-refractivity contribution in [2.45, 2.75) is 26.9 Å². The summed E-state index contributed by atoms with van der Waals surface area (Å²) in [7, 11) is 0. The number of hydrogen-bond acceptors (Lipinski definition) is 4. The molecular weight excluding hydrogens is 260 g/mol. The Labute approximate surface area is 118 Å². The van der Waals surface area contributed by atoms with Crippen LogP contribution in [0.5, 0.6) is 5.75 Å². The Hall–Kier alpha value is -2.08. The number of amides is 2. The maximum atomic E-state index is 11.7. The van der Waals surface area contributed by atoms with Crippen molar-refractivity contribution in [1.29, 1.82) is 0 Å². The van der Waals surface area contributed by atoms with E-state index in [1.54, 1.807) is 31.2 Å². The number of benzene rings is 1. The number of carbonyl (C=O) groups is 2. The Kier molecular flexibility index (Phi) is 6.52. The lowest BCUT2D eigenvalue weighted by molar-refractivity contribution is -0.126. The highest BCUT2D eigenvalue weighted by Crippen LogP contribution is 2.13. The molecule has 0 spiro atoms. The summed E-state index contributed by atoms with van der Waals surface area (Å²) in [4.78, 5) is 23.0. The molecule has 2 amide bonds. The SMILES string of the molecule is CCOCC(=O)NNC(=O)c1ccc(OC(C)C)cc1. The van der Waals surface area contributed by atoms with Crippen LogP contribution in [0, 0.1) is 0 Å². The Morgan fingerprint density at radius 3 is 2.35 bits per heavy atom. The molecule has 20 heavy (non-hydrogen) atoms. The normalized spacial score (nSPS) is 10.2. The maximum absolute atomic E-state index is 11.7. The molecule has 1 aromatic carbocycles. The predicted molar refractivity (Wildman–Crippen MR) is 74.3 cm³/mol. The molecule has 0 fully saturated rings. The minimum Gasteiger partial charge on any atom is -0.491 e. The molecule has 0 aliphatic carbocycles. The van der Waals surface area contributed by atoms with Crippen LogP contribution in [0.3, 0.4) is 0 Å². The highest BCUT2D eigenvalue weighted by molar-refractivity contribution is 5.95. The smallest absolute Gasteiger partial charge is 0.269 e. The first kappa shape index (κ1) is 16.0. The van der Waals surface area contributed by atoms with Crippen LogP contribution in [-0.2, 0) is 9.53 Å². The number of rotatable bonds is 6. The van der Waals surface area contributed by atoms with Crippen LogP contribution in [-0.4, -0.2) is 31.1 Å². The van der Waals surface area contributed by atoms with Gasteiger partial charge in [0.2, 0.25) is 0 Å². The zero-order chi connectivity index (χ0) is 15.0. The number of hydrogen-bond donors (Lipinski definition) is 2. The van der Waals surface area contributed by atoms with E-state index in [4.69, 9.17) is 9.47 Å². The van der Waals surface area contributed by atoms with E-state index >= 15 is 0 Å². The molecule has 110 valence electrons. The molecule has 6 heteroatoms. The predicted octanol–water partition coefficient (Wildman–Crippen LogP) is 1.27. The van der Waals surface area contributed by atoms with Crippen molar-refractivity contribution >= 4 is 11.8 Å². The summed E-state index contributed by atoms with van der Waals surface area (Å²) in [6.45, 7) is 5.99. The molecule has 0 aliphatic heterocycles. The number of carbonyl (C=O) groups excluding carboxylic acids is 2. The molecule has 0 radical (unpaired) electrons. The fourth-order valence-electron chi connectivity index (χ4n) is 1.39. The Morgan fingerprint density at radius 2 is 1.80 bits per heavy atom. The van der Waals surface area contributed by atoms with Gasteiger partial charge in [0.1, 0.15) is 12.4 Å². The van der Waals surface area contributed by atoms with Crippen molar-refractivity contribution in [2.75, 3.05) is 13.2 Å². The molecule has 6 nitrogen and oxygen atoms in total. The Morgan fingerprint density at radius 1 is 1.15 bits per heavy atom. The van der Waals surface area contributed by atoms with Gasteiger partial charge in [-0.05, 0) is 45.0 Å². The van der Waals surface area contributed by atoms with E-state index in [-0.39, 0.29) is 12.7 Å². The summed E-state index contributed by atoms with van der Waals surface area (Å²) >= 11 is 0. The van der Waals surface area contributed by atoms with E-state index in [1.807, 2.05) is 13.8 Å². The average Bonchev–Trinajstić information content (AvgIpc) is 2.42. The second kappa shape index (κ2) is 8.16. The standard InChI is InChI=1S/C14H20N2O4/c1-4-19-9-13(17)15-16-14(18)11-5-7-12(8-6-11)20-10(2)3/h5-8,10H,4,9H2,1-3H3,(H,15,17)(H,16,18). The van der Waals surface area contributed by atoms with Crippen LogP contribution in [0.15, 0.2) is 24.3 Å². The zero-order valence-corrected chi connectivity index (χ0v) is 11.9. The van der Waals surface area contributed by atoms with Gasteiger partial charge in [-0.1, -0.05) is 0 Å². The van der Waals surface area contributed by atoms with Gasteiger partial charge in [0.05, 0.1) is 6.10 Å². The summed E-state index contributed by atoms with van der Waals surface area (Å²) in [5.74, 6) is -0.108. The lowest BCUT2D eigenvalue weighted by Crippen LogP contribution is -2.43. The third kappa shape index (κ3) is 5.71. The van der Waals surface area contributed by atoms with Gasteiger partial charge in [-0.2, -0.15) is 0 Å². The van der Waals surface area contributed by atoms with Gasteiger partial charge >= 0.3 is 0 Å². The molecule has 1 aromatic rings. The first-order valence-corrected chi connectivity index (χ1v) is 6.46. The van der Waals surface area contributed by atoms with Crippen molar-refractivity contribution in [1.82, 2.24) is 10.9 Å². The second-order valence-corrected chi connectivity index (χ2v) is 4.33.